The Labute approximate surface area is 96.1 Å². The Morgan fingerprint density at radius 2 is 1.73 bits per heavy atom. The Hall–Kier alpha value is -1.08. The minimum Gasteiger partial charge on any atom is -0.256 e. The molecule has 1 aromatic carbocycles. The van der Waals surface area contributed by atoms with Gasteiger partial charge in [0.2, 0.25) is 0 Å². The molecule has 2 heteroatoms. The highest BCUT2D eigenvalue weighted by molar-refractivity contribution is 6.35. The number of pyridine rings is 1. The van der Waals surface area contributed by atoms with Gasteiger partial charge in [-0.15, -0.1) is 0 Å². The molecule has 0 unspecified atom stereocenters. The number of rotatable bonds is 1. The summed E-state index contributed by atoms with van der Waals surface area (Å²) in [6.45, 7) is 4.36. The van der Waals surface area contributed by atoms with E-state index in [0.717, 1.165) is 15.9 Å². The summed E-state index contributed by atoms with van der Waals surface area (Å²) < 4.78 is 0. The molecule has 1 heterocycles. The van der Waals surface area contributed by atoms with Gasteiger partial charge in [0, 0.05) is 11.6 Å². The van der Waals surface area contributed by atoms with E-state index >= 15 is 0 Å². The first-order valence-corrected chi connectivity index (χ1v) is 5.66. The predicted molar refractivity (Wildman–Crippen MR) is 67.3 cm³/mol. The van der Waals surface area contributed by atoms with E-state index < -0.39 is 0 Å². The van der Waals surface area contributed by atoms with Crippen LogP contribution in [0.25, 0.3) is 10.9 Å². The number of fused-ring (bicyclic) bond motifs is 1. The molecule has 2 aromatic rings. The first-order valence-electron chi connectivity index (χ1n) is 5.28. The third kappa shape index (κ3) is 3.52. The lowest BCUT2D eigenvalue weighted by Gasteiger charge is -1.96. The molecule has 15 heavy (non-hydrogen) atoms. The highest BCUT2D eigenvalue weighted by atomic mass is 35.5. The molecule has 0 bridgehead atoms. The van der Waals surface area contributed by atoms with E-state index in [0.29, 0.717) is 0 Å². The van der Waals surface area contributed by atoms with Crippen LogP contribution in [0.3, 0.4) is 0 Å². The zero-order valence-corrected chi connectivity index (χ0v) is 9.96. The molecule has 0 spiro atoms. The van der Waals surface area contributed by atoms with Crippen LogP contribution in [0.2, 0.25) is 5.02 Å². The fourth-order valence-corrected chi connectivity index (χ4v) is 1.28. The fourth-order valence-electron chi connectivity index (χ4n) is 1.06. The molecule has 2 rings (SSSR count). The monoisotopic (exact) mass is 221 g/mol. The van der Waals surface area contributed by atoms with E-state index in [4.69, 9.17) is 11.6 Å². The molecule has 1 nitrogen and oxygen atoms in total. The number of aromatic nitrogens is 1. The maximum absolute atomic E-state index is 5.92. The summed E-state index contributed by atoms with van der Waals surface area (Å²) in [6.07, 6.45) is 4.35. The summed E-state index contributed by atoms with van der Waals surface area (Å²) in [6, 6.07) is 9.61. The van der Waals surface area contributed by atoms with E-state index in [9.17, 15) is 0 Å². The smallest absolute Gasteiger partial charge is 0.0716 e. The van der Waals surface area contributed by atoms with Gasteiger partial charge in [0.1, 0.15) is 0 Å². The quantitative estimate of drug-likeness (QED) is 0.681. The average Bonchev–Trinajstić information content (AvgIpc) is 2.30. The molecule has 0 N–H and O–H groups in total. The Morgan fingerprint density at radius 3 is 2.33 bits per heavy atom. The maximum Gasteiger partial charge on any atom is 0.0716 e. The number of para-hydroxylation sites is 1. The van der Waals surface area contributed by atoms with E-state index in [1.165, 1.54) is 12.8 Å². The van der Waals surface area contributed by atoms with Gasteiger partial charge in [0.15, 0.2) is 0 Å². The number of hydrogen-bond donors (Lipinski definition) is 0. The highest BCUT2D eigenvalue weighted by Crippen LogP contribution is 2.19. The first-order chi connectivity index (χ1) is 7.29. The molecule has 0 saturated carbocycles. The van der Waals surface area contributed by atoms with Crippen molar-refractivity contribution in [2.45, 2.75) is 26.7 Å². The van der Waals surface area contributed by atoms with Gasteiger partial charge >= 0.3 is 0 Å². The molecule has 0 aliphatic rings. The number of halogens is 1. The Bertz CT molecular complexity index is 405. The van der Waals surface area contributed by atoms with Crippen molar-refractivity contribution >= 4 is 22.5 Å². The Balaban J connectivity index is 0.000000245. The number of hydrogen-bond acceptors (Lipinski definition) is 1. The van der Waals surface area contributed by atoms with Crippen LogP contribution in [0.4, 0.5) is 0 Å². The molecular formula is C13H16ClN. The van der Waals surface area contributed by atoms with Crippen molar-refractivity contribution in [1.82, 2.24) is 4.98 Å². The molecule has 0 aliphatic heterocycles. The van der Waals surface area contributed by atoms with E-state index in [-0.39, 0.29) is 0 Å². The van der Waals surface area contributed by atoms with Gasteiger partial charge in [-0.1, -0.05) is 56.5 Å². The summed E-state index contributed by atoms with van der Waals surface area (Å²) in [4.78, 5) is 4.16. The molecule has 0 fully saturated rings. The van der Waals surface area contributed by atoms with Gasteiger partial charge < -0.3 is 0 Å². The highest BCUT2D eigenvalue weighted by Gasteiger charge is 1.95. The molecule has 0 saturated heterocycles. The third-order valence-electron chi connectivity index (χ3n) is 2.10. The Kier molecular flexibility index (Phi) is 5.13. The SMILES string of the molecule is CCCC.Clc1ccnc2ccccc12. The summed E-state index contributed by atoms with van der Waals surface area (Å²) in [5.74, 6) is 0. The predicted octanol–water partition coefficient (Wildman–Crippen LogP) is 4.69. The second kappa shape index (κ2) is 6.41. The molecule has 0 amide bonds. The van der Waals surface area contributed by atoms with Crippen LogP contribution in [0.15, 0.2) is 36.5 Å². The molecule has 1 aromatic heterocycles. The number of unbranched alkanes of at least 4 members (excludes halogenated alkanes) is 1. The molecule has 80 valence electrons. The lowest BCUT2D eigenvalue weighted by Crippen LogP contribution is -1.76. The first kappa shape index (κ1) is 12.0. The van der Waals surface area contributed by atoms with Crippen molar-refractivity contribution in [3.63, 3.8) is 0 Å². The van der Waals surface area contributed by atoms with Crippen LogP contribution >= 0.6 is 11.6 Å². The second-order valence-electron chi connectivity index (χ2n) is 3.31. The maximum atomic E-state index is 5.92. The van der Waals surface area contributed by atoms with Crippen LogP contribution in [0.1, 0.15) is 26.7 Å². The second-order valence-corrected chi connectivity index (χ2v) is 3.72. The van der Waals surface area contributed by atoms with E-state index in [1.807, 2.05) is 24.3 Å². The molecular weight excluding hydrogens is 206 g/mol. The number of benzene rings is 1. The zero-order valence-electron chi connectivity index (χ0n) is 9.20. The topological polar surface area (TPSA) is 12.9 Å². The van der Waals surface area contributed by atoms with Crippen molar-refractivity contribution in [3.05, 3.63) is 41.6 Å². The molecule has 0 radical (unpaired) electrons. The zero-order chi connectivity index (χ0) is 11.1. The van der Waals surface area contributed by atoms with Gasteiger partial charge in [-0.3, -0.25) is 4.98 Å². The summed E-state index contributed by atoms with van der Waals surface area (Å²) in [5, 5.41) is 1.77. The van der Waals surface area contributed by atoms with Crippen LogP contribution in [0, 0.1) is 0 Å². The summed E-state index contributed by atoms with van der Waals surface area (Å²) in [7, 11) is 0. The normalized spacial score (nSPS) is 9.53. The summed E-state index contributed by atoms with van der Waals surface area (Å²) in [5.41, 5.74) is 0.944. The van der Waals surface area contributed by atoms with Gasteiger partial charge in [-0.2, -0.15) is 0 Å². The van der Waals surface area contributed by atoms with Crippen molar-refractivity contribution in [3.8, 4) is 0 Å². The van der Waals surface area contributed by atoms with Crippen LogP contribution in [0.5, 0.6) is 0 Å². The Morgan fingerprint density at radius 1 is 1.07 bits per heavy atom. The van der Waals surface area contributed by atoms with Gasteiger partial charge in [-0.05, 0) is 12.1 Å². The van der Waals surface area contributed by atoms with Gasteiger partial charge in [0.05, 0.1) is 10.5 Å². The minimum atomic E-state index is 0.760. The molecule has 0 aliphatic carbocycles. The van der Waals surface area contributed by atoms with Crippen molar-refractivity contribution in [2.24, 2.45) is 0 Å². The van der Waals surface area contributed by atoms with Crippen LogP contribution in [-0.2, 0) is 0 Å². The van der Waals surface area contributed by atoms with Crippen LogP contribution < -0.4 is 0 Å². The van der Waals surface area contributed by atoms with Crippen molar-refractivity contribution in [1.29, 1.82) is 0 Å². The third-order valence-corrected chi connectivity index (χ3v) is 2.43. The largest absolute Gasteiger partial charge is 0.256 e. The van der Waals surface area contributed by atoms with Crippen LogP contribution in [-0.4, -0.2) is 4.98 Å². The average molecular weight is 222 g/mol. The lowest BCUT2D eigenvalue weighted by atomic mass is 10.2. The standard InChI is InChI=1S/C9H6ClN.C4H10/c10-8-5-6-11-9-4-2-1-3-7(8)9;1-3-4-2/h1-6H;3-4H2,1-2H3. The number of nitrogens with zero attached hydrogens (tertiary/aromatic N) is 1. The summed E-state index contributed by atoms with van der Waals surface area (Å²) >= 11 is 5.92. The van der Waals surface area contributed by atoms with Crippen molar-refractivity contribution in [2.75, 3.05) is 0 Å². The lowest BCUT2D eigenvalue weighted by molar-refractivity contribution is 0.886. The minimum absolute atomic E-state index is 0.760. The van der Waals surface area contributed by atoms with Gasteiger partial charge in [0.25, 0.3) is 0 Å². The van der Waals surface area contributed by atoms with E-state index in [2.05, 4.69) is 18.8 Å². The molecule has 0 atom stereocenters. The van der Waals surface area contributed by atoms with E-state index in [1.54, 1.807) is 12.3 Å². The van der Waals surface area contributed by atoms with Gasteiger partial charge in [-0.25, -0.2) is 0 Å². The van der Waals surface area contributed by atoms with Crippen molar-refractivity contribution < 1.29 is 0 Å². The fraction of sp³-hybridized carbons (Fsp3) is 0.308.